The van der Waals surface area contributed by atoms with Gasteiger partial charge < -0.3 is 13.9 Å². The first kappa shape index (κ1) is 21.9. The SMILES string of the molecule is CCCCOc1ccc(C(=O)NNC(=O)c2ccc(-c3ccccc3F)o2)cc1OC. The van der Waals surface area contributed by atoms with Crippen molar-refractivity contribution >= 4 is 11.8 Å². The van der Waals surface area contributed by atoms with Crippen LogP contribution < -0.4 is 20.3 Å². The van der Waals surface area contributed by atoms with E-state index in [1.54, 1.807) is 30.3 Å². The number of furan rings is 1. The van der Waals surface area contributed by atoms with Crippen LogP contribution >= 0.6 is 0 Å². The van der Waals surface area contributed by atoms with E-state index in [1.807, 2.05) is 0 Å². The molecule has 31 heavy (non-hydrogen) atoms. The summed E-state index contributed by atoms with van der Waals surface area (Å²) in [6.07, 6.45) is 1.91. The average Bonchev–Trinajstić information content (AvgIpc) is 3.28. The number of amides is 2. The molecule has 7 nitrogen and oxygen atoms in total. The normalized spacial score (nSPS) is 10.4. The molecule has 0 bridgehead atoms. The lowest BCUT2D eigenvalue weighted by Crippen LogP contribution is -2.41. The first-order chi connectivity index (χ1) is 15.0. The third-order valence-corrected chi connectivity index (χ3v) is 4.44. The molecule has 0 aliphatic heterocycles. The van der Waals surface area contributed by atoms with Gasteiger partial charge in [-0.2, -0.15) is 0 Å². The molecular weight excluding hydrogens is 403 g/mol. The second-order valence-electron chi connectivity index (χ2n) is 6.62. The van der Waals surface area contributed by atoms with Crippen molar-refractivity contribution in [2.75, 3.05) is 13.7 Å². The maximum Gasteiger partial charge on any atom is 0.305 e. The highest BCUT2D eigenvalue weighted by Gasteiger charge is 2.16. The summed E-state index contributed by atoms with van der Waals surface area (Å²) >= 11 is 0. The lowest BCUT2D eigenvalue weighted by molar-refractivity contribution is 0.0831. The van der Waals surface area contributed by atoms with Crippen LogP contribution in [-0.4, -0.2) is 25.5 Å². The maximum absolute atomic E-state index is 13.9. The van der Waals surface area contributed by atoms with Crippen LogP contribution in [0.15, 0.2) is 59.0 Å². The smallest absolute Gasteiger partial charge is 0.305 e. The molecule has 1 aromatic heterocycles. The largest absolute Gasteiger partial charge is 0.493 e. The highest BCUT2D eigenvalue weighted by Crippen LogP contribution is 2.28. The van der Waals surface area contributed by atoms with Gasteiger partial charge in [0.05, 0.1) is 19.3 Å². The Morgan fingerprint density at radius 1 is 1.00 bits per heavy atom. The molecular formula is C23H23FN2O5. The Morgan fingerprint density at radius 3 is 2.52 bits per heavy atom. The molecule has 3 aromatic rings. The summed E-state index contributed by atoms with van der Waals surface area (Å²) in [6, 6.07) is 13.7. The first-order valence-corrected chi connectivity index (χ1v) is 9.79. The van der Waals surface area contributed by atoms with E-state index in [2.05, 4.69) is 17.8 Å². The second kappa shape index (κ2) is 10.3. The van der Waals surface area contributed by atoms with Gasteiger partial charge in [-0.3, -0.25) is 20.4 Å². The Balaban J connectivity index is 1.62. The summed E-state index contributed by atoms with van der Waals surface area (Å²) in [7, 11) is 1.48. The summed E-state index contributed by atoms with van der Waals surface area (Å²) < 4.78 is 30.2. The fourth-order valence-corrected chi connectivity index (χ4v) is 2.77. The zero-order valence-electron chi connectivity index (χ0n) is 17.2. The van der Waals surface area contributed by atoms with Crippen molar-refractivity contribution in [3.8, 4) is 22.8 Å². The van der Waals surface area contributed by atoms with Crippen molar-refractivity contribution < 1.29 is 27.9 Å². The van der Waals surface area contributed by atoms with Crippen LogP contribution in [0.25, 0.3) is 11.3 Å². The minimum Gasteiger partial charge on any atom is -0.493 e. The number of halogens is 1. The fourth-order valence-electron chi connectivity index (χ4n) is 2.77. The number of ether oxygens (including phenoxy) is 2. The number of rotatable bonds is 8. The van der Waals surface area contributed by atoms with Crippen LogP contribution in [0.3, 0.4) is 0 Å². The molecule has 0 saturated heterocycles. The van der Waals surface area contributed by atoms with Gasteiger partial charge in [0.1, 0.15) is 11.6 Å². The summed E-state index contributed by atoms with van der Waals surface area (Å²) in [4.78, 5) is 24.7. The number of unbranched alkanes of at least 4 members (excludes halogenated alkanes) is 1. The maximum atomic E-state index is 13.9. The van der Waals surface area contributed by atoms with Crippen molar-refractivity contribution in [3.63, 3.8) is 0 Å². The molecule has 162 valence electrons. The van der Waals surface area contributed by atoms with Crippen LogP contribution in [-0.2, 0) is 0 Å². The molecule has 2 N–H and O–H groups in total. The topological polar surface area (TPSA) is 89.8 Å². The summed E-state index contributed by atoms with van der Waals surface area (Å²) in [5, 5.41) is 0. The monoisotopic (exact) mass is 426 g/mol. The van der Waals surface area contributed by atoms with E-state index in [-0.39, 0.29) is 22.6 Å². The highest BCUT2D eigenvalue weighted by molar-refractivity contribution is 5.98. The number of nitrogens with one attached hydrogen (secondary N) is 2. The van der Waals surface area contributed by atoms with Gasteiger partial charge in [0.15, 0.2) is 17.3 Å². The Hall–Kier alpha value is -3.81. The van der Waals surface area contributed by atoms with E-state index >= 15 is 0 Å². The Bertz CT molecular complexity index is 1060. The van der Waals surface area contributed by atoms with Crippen molar-refractivity contribution in [2.24, 2.45) is 0 Å². The van der Waals surface area contributed by atoms with Gasteiger partial charge in [-0.05, 0) is 48.9 Å². The molecule has 0 fully saturated rings. The molecule has 2 amide bonds. The Labute approximate surface area is 179 Å². The standard InChI is InChI=1S/C23H23FN2O5/c1-3-4-13-30-19-10-9-15(14-21(19)29-2)22(27)25-26-23(28)20-12-11-18(31-20)16-7-5-6-8-17(16)24/h5-12,14H,3-4,13H2,1-2H3,(H,25,27)(H,26,28). The predicted molar refractivity (Wildman–Crippen MR) is 112 cm³/mol. The molecule has 0 unspecified atom stereocenters. The van der Waals surface area contributed by atoms with Crippen LogP contribution in [0.4, 0.5) is 4.39 Å². The molecule has 0 atom stereocenters. The summed E-state index contributed by atoms with van der Waals surface area (Å²) in [6.45, 7) is 2.61. The van der Waals surface area contributed by atoms with Crippen LogP contribution in [0.2, 0.25) is 0 Å². The molecule has 0 aliphatic rings. The third kappa shape index (κ3) is 5.42. The van der Waals surface area contributed by atoms with Gasteiger partial charge in [0, 0.05) is 5.56 Å². The fraction of sp³-hybridized carbons (Fsp3) is 0.217. The van der Waals surface area contributed by atoms with Gasteiger partial charge in [0.2, 0.25) is 0 Å². The van der Waals surface area contributed by atoms with Crippen molar-refractivity contribution in [3.05, 3.63) is 71.7 Å². The van der Waals surface area contributed by atoms with Gasteiger partial charge >= 0.3 is 5.91 Å². The molecule has 0 radical (unpaired) electrons. The van der Waals surface area contributed by atoms with Gasteiger partial charge in [-0.25, -0.2) is 4.39 Å². The van der Waals surface area contributed by atoms with Gasteiger partial charge in [-0.15, -0.1) is 0 Å². The van der Waals surface area contributed by atoms with Gasteiger partial charge in [-0.1, -0.05) is 25.5 Å². The van der Waals surface area contributed by atoms with Crippen LogP contribution in [0.1, 0.15) is 40.7 Å². The second-order valence-corrected chi connectivity index (χ2v) is 6.62. The average molecular weight is 426 g/mol. The van der Waals surface area contributed by atoms with Crippen LogP contribution in [0, 0.1) is 5.82 Å². The number of hydrazine groups is 1. The van der Waals surface area contributed by atoms with E-state index in [0.717, 1.165) is 12.8 Å². The lowest BCUT2D eigenvalue weighted by atomic mass is 10.1. The van der Waals surface area contributed by atoms with Crippen molar-refractivity contribution in [1.29, 1.82) is 0 Å². The number of hydrogen-bond donors (Lipinski definition) is 2. The van der Waals surface area contributed by atoms with Gasteiger partial charge in [0.25, 0.3) is 5.91 Å². The van der Waals surface area contributed by atoms with Crippen molar-refractivity contribution in [1.82, 2.24) is 10.9 Å². The zero-order valence-corrected chi connectivity index (χ0v) is 17.2. The number of carbonyl (C=O) groups is 2. The number of methoxy groups -OCH3 is 1. The van der Waals surface area contributed by atoms with E-state index in [9.17, 15) is 14.0 Å². The molecule has 2 aromatic carbocycles. The minimum absolute atomic E-state index is 0.0733. The zero-order chi connectivity index (χ0) is 22.2. The first-order valence-electron chi connectivity index (χ1n) is 9.79. The van der Waals surface area contributed by atoms with E-state index in [4.69, 9.17) is 13.9 Å². The molecule has 8 heteroatoms. The number of hydrogen-bond acceptors (Lipinski definition) is 5. The number of carbonyl (C=O) groups excluding carboxylic acids is 2. The molecule has 0 spiro atoms. The lowest BCUT2D eigenvalue weighted by Gasteiger charge is -2.12. The van der Waals surface area contributed by atoms with Crippen LogP contribution in [0.5, 0.6) is 11.5 Å². The molecule has 0 saturated carbocycles. The third-order valence-electron chi connectivity index (χ3n) is 4.44. The molecule has 3 rings (SSSR count). The number of benzene rings is 2. The van der Waals surface area contributed by atoms with E-state index in [0.29, 0.717) is 18.1 Å². The highest BCUT2D eigenvalue weighted by atomic mass is 19.1. The molecule has 1 heterocycles. The minimum atomic E-state index is -0.678. The van der Waals surface area contributed by atoms with Crippen molar-refractivity contribution in [2.45, 2.75) is 19.8 Å². The Morgan fingerprint density at radius 2 is 1.77 bits per heavy atom. The Kier molecular flexibility index (Phi) is 7.26. The predicted octanol–water partition coefficient (Wildman–Crippen LogP) is 4.35. The summed E-state index contributed by atoms with van der Waals surface area (Å²) in [5.41, 5.74) is 5.09. The van der Waals surface area contributed by atoms with E-state index in [1.165, 1.54) is 31.4 Å². The summed E-state index contributed by atoms with van der Waals surface area (Å²) in [5.74, 6) is -0.611. The van der Waals surface area contributed by atoms with E-state index < -0.39 is 17.6 Å². The quantitative estimate of drug-likeness (QED) is 0.413. The molecule has 0 aliphatic carbocycles.